The van der Waals surface area contributed by atoms with Crippen LogP contribution in [0.15, 0.2) is 35.1 Å². The summed E-state index contributed by atoms with van der Waals surface area (Å²) in [6.45, 7) is 0. The molecule has 1 heterocycles. The lowest BCUT2D eigenvalue weighted by Gasteiger charge is -1.96. The van der Waals surface area contributed by atoms with Crippen molar-refractivity contribution in [1.82, 2.24) is 4.98 Å². The number of carbonyl (C=O) groups excluding carboxylic acids is 1. The second-order valence-electron chi connectivity index (χ2n) is 2.73. The van der Waals surface area contributed by atoms with E-state index in [2.05, 4.69) is 4.98 Å². The lowest BCUT2D eigenvalue weighted by Crippen LogP contribution is -2.02. The molecule has 0 fully saturated rings. The summed E-state index contributed by atoms with van der Waals surface area (Å²) >= 11 is 0. The van der Waals surface area contributed by atoms with Crippen molar-refractivity contribution in [3.8, 4) is 0 Å². The molecule has 3 nitrogen and oxygen atoms in total. The van der Waals surface area contributed by atoms with Gasteiger partial charge in [0, 0.05) is 17.1 Å². The Balaban J connectivity index is 2.80. The SMILES string of the molecule is O=[C]c1ccc2[nH]c(=O)ccc2c1. The molecule has 0 saturated heterocycles. The van der Waals surface area contributed by atoms with Crippen molar-refractivity contribution in [2.45, 2.75) is 0 Å². The highest BCUT2D eigenvalue weighted by atomic mass is 16.1. The van der Waals surface area contributed by atoms with Crippen molar-refractivity contribution in [3.05, 3.63) is 46.2 Å². The summed E-state index contributed by atoms with van der Waals surface area (Å²) in [4.78, 5) is 23.9. The summed E-state index contributed by atoms with van der Waals surface area (Å²) in [5, 5.41) is 0.834. The molecule has 0 bridgehead atoms. The maximum Gasteiger partial charge on any atom is 0.248 e. The Bertz CT molecular complexity index is 514. The Kier molecular flexibility index (Phi) is 1.70. The first-order valence-electron chi connectivity index (χ1n) is 3.81. The molecule has 3 heteroatoms. The van der Waals surface area contributed by atoms with E-state index in [0.717, 1.165) is 10.9 Å². The summed E-state index contributed by atoms with van der Waals surface area (Å²) in [6.07, 6.45) is 1.79. The fourth-order valence-corrected chi connectivity index (χ4v) is 1.22. The number of benzene rings is 1. The first-order valence-corrected chi connectivity index (χ1v) is 3.81. The van der Waals surface area contributed by atoms with Crippen LogP contribution in [-0.2, 0) is 4.79 Å². The van der Waals surface area contributed by atoms with Gasteiger partial charge in [-0.15, -0.1) is 0 Å². The van der Waals surface area contributed by atoms with E-state index >= 15 is 0 Å². The molecule has 1 aromatic carbocycles. The third-order valence-corrected chi connectivity index (χ3v) is 1.84. The lowest BCUT2D eigenvalue weighted by molar-refractivity contribution is 0.563. The zero-order chi connectivity index (χ0) is 9.26. The largest absolute Gasteiger partial charge is 0.322 e. The van der Waals surface area contributed by atoms with Crippen LogP contribution >= 0.6 is 0 Å². The van der Waals surface area contributed by atoms with Gasteiger partial charge in [0.1, 0.15) is 0 Å². The van der Waals surface area contributed by atoms with Gasteiger partial charge in [-0.3, -0.25) is 9.59 Å². The van der Waals surface area contributed by atoms with Crippen molar-refractivity contribution in [1.29, 1.82) is 0 Å². The van der Waals surface area contributed by atoms with E-state index in [1.807, 2.05) is 0 Å². The van der Waals surface area contributed by atoms with E-state index in [-0.39, 0.29) is 5.56 Å². The lowest BCUT2D eigenvalue weighted by atomic mass is 10.1. The number of aromatic nitrogens is 1. The van der Waals surface area contributed by atoms with E-state index in [4.69, 9.17) is 0 Å². The van der Waals surface area contributed by atoms with Crippen LogP contribution in [0.4, 0.5) is 0 Å². The van der Waals surface area contributed by atoms with Gasteiger partial charge in [0.15, 0.2) is 0 Å². The predicted octanol–water partition coefficient (Wildman–Crippen LogP) is 0.986. The second-order valence-corrected chi connectivity index (χ2v) is 2.73. The summed E-state index contributed by atoms with van der Waals surface area (Å²) in [6, 6.07) is 8.09. The molecule has 1 radical (unpaired) electrons. The molecule has 0 aliphatic heterocycles. The zero-order valence-electron chi connectivity index (χ0n) is 6.70. The van der Waals surface area contributed by atoms with Crippen LogP contribution < -0.4 is 5.56 Å². The van der Waals surface area contributed by atoms with Gasteiger partial charge >= 0.3 is 0 Å². The molecule has 0 unspecified atom stereocenters. The van der Waals surface area contributed by atoms with E-state index in [9.17, 15) is 9.59 Å². The first kappa shape index (κ1) is 7.73. The van der Waals surface area contributed by atoms with Crippen molar-refractivity contribution in [2.75, 3.05) is 0 Å². The number of aromatic amines is 1. The third-order valence-electron chi connectivity index (χ3n) is 1.84. The average molecular weight is 172 g/mol. The van der Waals surface area contributed by atoms with E-state index in [0.29, 0.717) is 5.56 Å². The molecule has 1 N–H and O–H groups in total. The van der Waals surface area contributed by atoms with Crippen LogP contribution in [-0.4, -0.2) is 11.3 Å². The van der Waals surface area contributed by atoms with Crippen LogP contribution in [0.3, 0.4) is 0 Å². The molecule has 2 aromatic rings. The predicted molar refractivity (Wildman–Crippen MR) is 49.4 cm³/mol. The van der Waals surface area contributed by atoms with Crippen molar-refractivity contribution in [3.63, 3.8) is 0 Å². The van der Waals surface area contributed by atoms with Crippen LogP contribution in [0.1, 0.15) is 5.56 Å². The monoisotopic (exact) mass is 172 g/mol. The summed E-state index contributed by atoms with van der Waals surface area (Å²) in [5.41, 5.74) is 1.07. The highest BCUT2D eigenvalue weighted by Gasteiger charge is 1.95. The minimum atomic E-state index is -0.143. The van der Waals surface area contributed by atoms with Gasteiger partial charge in [-0.1, -0.05) is 0 Å². The maximum atomic E-state index is 10.9. The fraction of sp³-hybridized carbons (Fsp3) is 0. The Hall–Kier alpha value is -1.90. The minimum absolute atomic E-state index is 0.143. The molecule has 1 aromatic heterocycles. The highest BCUT2D eigenvalue weighted by molar-refractivity contribution is 5.86. The Morgan fingerprint density at radius 2 is 2.00 bits per heavy atom. The normalized spacial score (nSPS) is 10.2. The van der Waals surface area contributed by atoms with Gasteiger partial charge in [-0.05, 0) is 29.7 Å². The van der Waals surface area contributed by atoms with Gasteiger partial charge in [0.2, 0.25) is 11.8 Å². The maximum absolute atomic E-state index is 10.9. The molecule has 0 aliphatic rings. The topological polar surface area (TPSA) is 49.9 Å². The third kappa shape index (κ3) is 1.36. The van der Waals surface area contributed by atoms with E-state index < -0.39 is 0 Å². The smallest absolute Gasteiger partial charge is 0.248 e. The Labute approximate surface area is 74.0 Å². The van der Waals surface area contributed by atoms with Crippen LogP contribution in [0.25, 0.3) is 10.9 Å². The summed E-state index contributed by atoms with van der Waals surface area (Å²) in [5.74, 6) is 0. The van der Waals surface area contributed by atoms with Crippen molar-refractivity contribution in [2.24, 2.45) is 0 Å². The van der Waals surface area contributed by atoms with Gasteiger partial charge in [-0.2, -0.15) is 0 Å². The minimum Gasteiger partial charge on any atom is -0.322 e. The molecule has 0 atom stereocenters. The number of nitrogens with one attached hydrogen (secondary N) is 1. The number of rotatable bonds is 1. The average Bonchev–Trinajstić information content (AvgIpc) is 2.17. The molecule has 0 saturated carbocycles. The zero-order valence-corrected chi connectivity index (χ0v) is 6.70. The summed E-state index contributed by atoms with van der Waals surface area (Å²) < 4.78 is 0. The number of hydrogen-bond acceptors (Lipinski definition) is 2. The van der Waals surface area contributed by atoms with Crippen LogP contribution in [0, 0.1) is 0 Å². The quantitative estimate of drug-likeness (QED) is 0.697. The molecule has 0 aliphatic carbocycles. The van der Waals surface area contributed by atoms with Gasteiger partial charge in [-0.25, -0.2) is 0 Å². The summed E-state index contributed by atoms with van der Waals surface area (Å²) in [7, 11) is 0. The molecule has 63 valence electrons. The number of fused-ring (bicyclic) bond motifs is 1. The molecule has 2 rings (SSSR count). The number of pyridine rings is 1. The molecule has 0 spiro atoms. The van der Waals surface area contributed by atoms with E-state index in [1.54, 1.807) is 30.6 Å². The fourth-order valence-electron chi connectivity index (χ4n) is 1.22. The standard InChI is InChI=1S/C10H6NO2/c12-6-7-1-3-9-8(5-7)2-4-10(13)11-9/h1-5H,(H,11,13). The van der Waals surface area contributed by atoms with Crippen LogP contribution in [0.2, 0.25) is 0 Å². The second kappa shape index (κ2) is 2.86. The van der Waals surface area contributed by atoms with E-state index in [1.165, 1.54) is 6.07 Å². The van der Waals surface area contributed by atoms with Gasteiger partial charge < -0.3 is 4.98 Å². The van der Waals surface area contributed by atoms with Crippen molar-refractivity contribution < 1.29 is 4.79 Å². The first-order chi connectivity index (χ1) is 6.29. The molecular formula is C10H6NO2. The van der Waals surface area contributed by atoms with Gasteiger partial charge in [0.25, 0.3) is 0 Å². The molecule has 0 amide bonds. The highest BCUT2D eigenvalue weighted by Crippen LogP contribution is 2.10. The Morgan fingerprint density at radius 3 is 2.77 bits per heavy atom. The molecule has 13 heavy (non-hydrogen) atoms. The Morgan fingerprint density at radius 1 is 1.15 bits per heavy atom. The number of hydrogen-bond donors (Lipinski definition) is 1. The van der Waals surface area contributed by atoms with Crippen molar-refractivity contribution >= 4 is 17.2 Å². The van der Waals surface area contributed by atoms with Gasteiger partial charge in [0.05, 0.1) is 0 Å². The number of H-pyrrole nitrogens is 1. The van der Waals surface area contributed by atoms with Crippen LogP contribution in [0.5, 0.6) is 0 Å². The molecular weight excluding hydrogens is 166 g/mol.